The lowest BCUT2D eigenvalue weighted by Gasteiger charge is -2.29. The molecule has 76 valence electrons. The van der Waals surface area contributed by atoms with Gasteiger partial charge in [0.05, 0.1) is 5.92 Å². The highest BCUT2D eigenvalue weighted by Crippen LogP contribution is 2.24. The third-order valence-corrected chi connectivity index (χ3v) is 2.85. The summed E-state index contributed by atoms with van der Waals surface area (Å²) in [6.07, 6.45) is 4.16. The highest BCUT2D eigenvalue weighted by atomic mass is 16.4. The predicted molar refractivity (Wildman–Crippen MR) is 51.6 cm³/mol. The molecule has 1 aliphatic rings. The van der Waals surface area contributed by atoms with Gasteiger partial charge < -0.3 is 10.4 Å². The van der Waals surface area contributed by atoms with E-state index in [2.05, 4.69) is 12.2 Å². The number of carboxylic acid groups (broad SMARTS) is 1. The number of hydrogen-bond acceptors (Lipinski definition) is 2. The third kappa shape index (κ3) is 2.99. The summed E-state index contributed by atoms with van der Waals surface area (Å²) >= 11 is 0. The lowest BCUT2D eigenvalue weighted by Crippen LogP contribution is -2.40. The van der Waals surface area contributed by atoms with Gasteiger partial charge in [-0.25, -0.2) is 0 Å². The standard InChI is InChI=1S/C10H19NO2/c1-2-3-4-8-7-11-6-5-9(8)10(12)13/h8-9,11H,2-7H2,1H3,(H,12,13). The first-order valence-corrected chi connectivity index (χ1v) is 5.19. The van der Waals surface area contributed by atoms with E-state index < -0.39 is 5.97 Å². The van der Waals surface area contributed by atoms with E-state index in [-0.39, 0.29) is 5.92 Å². The van der Waals surface area contributed by atoms with Gasteiger partial charge in [-0.3, -0.25) is 4.79 Å². The van der Waals surface area contributed by atoms with Crippen molar-refractivity contribution in [1.29, 1.82) is 0 Å². The quantitative estimate of drug-likeness (QED) is 0.697. The van der Waals surface area contributed by atoms with Crippen molar-refractivity contribution in [2.45, 2.75) is 32.6 Å². The number of unbranched alkanes of at least 4 members (excludes halogenated alkanes) is 1. The van der Waals surface area contributed by atoms with Crippen LogP contribution in [-0.4, -0.2) is 24.2 Å². The molecule has 0 aliphatic carbocycles. The normalized spacial score (nSPS) is 28.7. The number of carbonyl (C=O) groups is 1. The smallest absolute Gasteiger partial charge is 0.306 e. The van der Waals surface area contributed by atoms with E-state index in [1.54, 1.807) is 0 Å². The van der Waals surface area contributed by atoms with Gasteiger partial charge in [-0.2, -0.15) is 0 Å². The van der Waals surface area contributed by atoms with Crippen LogP contribution in [0.25, 0.3) is 0 Å². The third-order valence-electron chi connectivity index (χ3n) is 2.85. The first-order chi connectivity index (χ1) is 6.25. The van der Waals surface area contributed by atoms with E-state index >= 15 is 0 Å². The van der Waals surface area contributed by atoms with Crippen molar-refractivity contribution in [3.8, 4) is 0 Å². The Hall–Kier alpha value is -0.570. The van der Waals surface area contributed by atoms with Crippen LogP contribution in [0.3, 0.4) is 0 Å². The Morgan fingerprint density at radius 2 is 2.38 bits per heavy atom. The molecule has 0 spiro atoms. The lowest BCUT2D eigenvalue weighted by molar-refractivity contribution is -0.144. The molecule has 0 bridgehead atoms. The first kappa shape index (κ1) is 10.5. The molecule has 1 saturated heterocycles. The minimum atomic E-state index is -0.609. The maximum atomic E-state index is 10.9. The molecule has 0 saturated carbocycles. The van der Waals surface area contributed by atoms with Crippen molar-refractivity contribution in [1.82, 2.24) is 5.32 Å². The van der Waals surface area contributed by atoms with Crippen LogP contribution in [0.2, 0.25) is 0 Å². The Morgan fingerprint density at radius 3 is 3.00 bits per heavy atom. The molecule has 13 heavy (non-hydrogen) atoms. The van der Waals surface area contributed by atoms with Crippen molar-refractivity contribution < 1.29 is 9.90 Å². The van der Waals surface area contributed by atoms with Crippen LogP contribution in [0.4, 0.5) is 0 Å². The fourth-order valence-corrected chi connectivity index (χ4v) is 2.02. The van der Waals surface area contributed by atoms with Crippen LogP contribution in [0.5, 0.6) is 0 Å². The van der Waals surface area contributed by atoms with Crippen molar-refractivity contribution in [3.05, 3.63) is 0 Å². The number of hydrogen-bond donors (Lipinski definition) is 2. The second kappa shape index (κ2) is 5.22. The zero-order valence-electron chi connectivity index (χ0n) is 8.25. The molecule has 0 radical (unpaired) electrons. The van der Waals surface area contributed by atoms with Gasteiger partial charge >= 0.3 is 5.97 Å². The molecule has 1 aliphatic heterocycles. The monoisotopic (exact) mass is 185 g/mol. The van der Waals surface area contributed by atoms with Crippen molar-refractivity contribution in [3.63, 3.8) is 0 Å². The van der Waals surface area contributed by atoms with Gasteiger partial charge in [-0.15, -0.1) is 0 Å². The maximum absolute atomic E-state index is 10.9. The Balaban J connectivity index is 2.41. The molecule has 3 nitrogen and oxygen atoms in total. The summed E-state index contributed by atoms with van der Waals surface area (Å²) in [5.74, 6) is -0.360. The van der Waals surface area contributed by atoms with Crippen molar-refractivity contribution >= 4 is 5.97 Å². The maximum Gasteiger partial charge on any atom is 0.306 e. The van der Waals surface area contributed by atoms with Crippen molar-refractivity contribution in [2.24, 2.45) is 11.8 Å². The topological polar surface area (TPSA) is 49.3 Å². The molecular formula is C10H19NO2. The molecule has 0 aromatic heterocycles. The second-order valence-corrected chi connectivity index (χ2v) is 3.84. The SMILES string of the molecule is CCCCC1CNCCC1C(=O)O. The highest BCUT2D eigenvalue weighted by molar-refractivity contribution is 5.70. The average molecular weight is 185 g/mol. The minimum absolute atomic E-state index is 0.104. The summed E-state index contributed by atoms with van der Waals surface area (Å²) < 4.78 is 0. The fraction of sp³-hybridized carbons (Fsp3) is 0.900. The zero-order valence-corrected chi connectivity index (χ0v) is 8.25. The summed E-state index contributed by atoms with van der Waals surface area (Å²) in [6.45, 7) is 3.89. The Kier molecular flexibility index (Phi) is 4.22. The first-order valence-electron chi connectivity index (χ1n) is 5.19. The Labute approximate surface area is 79.5 Å². The molecule has 0 aromatic carbocycles. The molecule has 2 N–H and O–H groups in total. The number of rotatable bonds is 4. The molecule has 1 heterocycles. The summed E-state index contributed by atoms with van der Waals surface area (Å²) in [5, 5.41) is 12.2. The van der Waals surface area contributed by atoms with E-state index in [1.165, 1.54) is 0 Å². The Bertz CT molecular complexity index is 170. The molecule has 2 unspecified atom stereocenters. The summed E-state index contributed by atoms with van der Waals surface area (Å²) in [4.78, 5) is 10.9. The van der Waals surface area contributed by atoms with E-state index in [9.17, 15) is 4.79 Å². The molecule has 0 aromatic rings. The van der Waals surface area contributed by atoms with Gasteiger partial charge in [-0.1, -0.05) is 19.8 Å². The zero-order chi connectivity index (χ0) is 9.68. The van der Waals surface area contributed by atoms with Crippen LogP contribution in [0, 0.1) is 11.8 Å². The number of piperidine rings is 1. The van der Waals surface area contributed by atoms with Crippen molar-refractivity contribution in [2.75, 3.05) is 13.1 Å². The van der Waals surface area contributed by atoms with E-state index in [0.717, 1.165) is 38.8 Å². The van der Waals surface area contributed by atoms with Crippen LogP contribution >= 0.6 is 0 Å². The van der Waals surface area contributed by atoms with Crippen LogP contribution in [0.15, 0.2) is 0 Å². The van der Waals surface area contributed by atoms with Gasteiger partial charge in [0.15, 0.2) is 0 Å². The highest BCUT2D eigenvalue weighted by Gasteiger charge is 2.29. The summed E-state index contributed by atoms with van der Waals surface area (Å²) in [7, 11) is 0. The molecule has 2 atom stereocenters. The molecular weight excluding hydrogens is 166 g/mol. The van der Waals surface area contributed by atoms with Crippen LogP contribution in [-0.2, 0) is 4.79 Å². The van der Waals surface area contributed by atoms with E-state index in [4.69, 9.17) is 5.11 Å². The van der Waals surface area contributed by atoms with Gasteiger partial charge in [0.2, 0.25) is 0 Å². The lowest BCUT2D eigenvalue weighted by atomic mass is 9.83. The number of carboxylic acids is 1. The van der Waals surface area contributed by atoms with Gasteiger partial charge in [0, 0.05) is 0 Å². The van der Waals surface area contributed by atoms with Crippen LogP contribution in [0.1, 0.15) is 32.6 Å². The number of aliphatic carboxylic acids is 1. The number of nitrogens with one attached hydrogen (secondary N) is 1. The molecule has 1 rings (SSSR count). The largest absolute Gasteiger partial charge is 0.481 e. The van der Waals surface area contributed by atoms with Gasteiger partial charge in [0.1, 0.15) is 0 Å². The van der Waals surface area contributed by atoms with Gasteiger partial charge in [0.25, 0.3) is 0 Å². The second-order valence-electron chi connectivity index (χ2n) is 3.84. The predicted octanol–water partition coefficient (Wildman–Crippen LogP) is 1.49. The Morgan fingerprint density at radius 1 is 1.62 bits per heavy atom. The van der Waals surface area contributed by atoms with E-state index in [1.807, 2.05) is 0 Å². The van der Waals surface area contributed by atoms with Crippen LogP contribution < -0.4 is 5.32 Å². The molecule has 1 fully saturated rings. The summed E-state index contributed by atoms with van der Waals surface area (Å²) in [6, 6.07) is 0. The molecule has 0 amide bonds. The summed E-state index contributed by atoms with van der Waals surface area (Å²) in [5.41, 5.74) is 0. The average Bonchev–Trinajstić information content (AvgIpc) is 2.15. The van der Waals surface area contributed by atoms with E-state index in [0.29, 0.717) is 5.92 Å². The minimum Gasteiger partial charge on any atom is -0.481 e. The fourth-order valence-electron chi connectivity index (χ4n) is 2.02. The molecule has 3 heteroatoms. The van der Waals surface area contributed by atoms with Gasteiger partial charge in [-0.05, 0) is 31.8 Å².